The Morgan fingerprint density at radius 3 is 2.07 bits per heavy atom. The first kappa shape index (κ1) is 18.4. The minimum atomic E-state index is -0.606. The number of methoxy groups -OCH3 is 3. The zero-order chi connectivity index (χ0) is 20.1. The number of aliphatic hydroxyl groups is 1. The molecule has 4 atom stereocenters. The van der Waals surface area contributed by atoms with E-state index in [4.69, 9.17) is 28.4 Å². The molecule has 5 rings (SSSR count). The molecule has 1 saturated heterocycles. The monoisotopic (exact) mass is 400 g/mol. The summed E-state index contributed by atoms with van der Waals surface area (Å²) >= 11 is 0. The Morgan fingerprint density at radius 1 is 0.828 bits per heavy atom. The van der Waals surface area contributed by atoms with E-state index < -0.39 is 6.10 Å². The Morgan fingerprint density at radius 2 is 1.45 bits per heavy atom. The van der Waals surface area contributed by atoms with Gasteiger partial charge in [0.1, 0.15) is 0 Å². The molecular weight excluding hydrogens is 376 g/mol. The van der Waals surface area contributed by atoms with Gasteiger partial charge in [0.05, 0.1) is 40.6 Å². The van der Waals surface area contributed by atoms with Crippen LogP contribution in [0.15, 0.2) is 24.3 Å². The summed E-state index contributed by atoms with van der Waals surface area (Å²) in [7, 11) is 4.81. The van der Waals surface area contributed by atoms with Crippen molar-refractivity contribution in [1.82, 2.24) is 0 Å². The van der Waals surface area contributed by atoms with Gasteiger partial charge >= 0.3 is 0 Å². The van der Waals surface area contributed by atoms with E-state index in [2.05, 4.69) is 0 Å². The summed E-state index contributed by atoms with van der Waals surface area (Å²) in [5.74, 6) is 3.25. The minimum absolute atomic E-state index is 0.00645. The van der Waals surface area contributed by atoms with Gasteiger partial charge < -0.3 is 33.5 Å². The van der Waals surface area contributed by atoms with Crippen molar-refractivity contribution in [1.29, 1.82) is 0 Å². The van der Waals surface area contributed by atoms with Crippen LogP contribution in [0.25, 0.3) is 0 Å². The number of fused-ring (bicyclic) bond motifs is 3. The third-order valence-electron chi connectivity index (χ3n) is 6.28. The molecular formula is C22H24O7. The first-order valence-corrected chi connectivity index (χ1v) is 9.65. The van der Waals surface area contributed by atoms with Crippen molar-refractivity contribution < 1.29 is 33.5 Å². The molecule has 0 saturated carbocycles. The van der Waals surface area contributed by atoms with Crippen LogP contribution >= 0.6 is 0 Å². The highest BCUT2D eigenvalue weighted by molar-refractivity contribution is 5.59. The molecule has 0 amide bonds. The molecule has 29 heavy (non-hydrogen) atoms. The second-order valence-electron chi connectivity index (χ2n) is 7.58. The Kier molecular flexibility index (Phi) is 4.44. The number of hydrogen-bond acceptors (Lipinski definition) is 7. The third kappa shape index (κ3) is 2.72. The molecule has 0 radical (unpaired) electrons. The van der Waals surface area contributed by atoms with Crippen LogP contribution in [0.1, 0.15) is 28.7 Å². The van der Waals surface area contributed by atoms with Gasteiger partial charge in [0, 0.05) is 17.8 Å². The summed E-state index contributed by atoms with van der Waals surface area (Å²) < 4.78 is 33.6. The molecule has 7 heteroatoms. The lowest BCUT2D eigenvalue weighted by atomic mass is 9.66. The summed E-state index contributed by atoms with van der Waals surface area (Å²) in [5.41, 5.74) is 2.90. The van der Waals surface area contributed by atoms with Gasteiger partial charge in [-0.05, 0) is 41.0 Å². The highest BCUT2D eigenvalue weighted by Crippen LogP contribution is 2.55. The Hall–Kier alpha value is -2.64. The molecule has 154 valence electrons. The Balaban J connectivity index is 1.71. The van der Waals surface area contributed by atoms with E-state index in [0.717, 1.165) is 16.7 Å². The number of ether oxygens (including phenoxy) is 6. The minimum Gasteiger partial charge on any atom is -0.493 e. The highest BCUT2D eigenvalue weighted by Gasteiger charge is 2.47. The molecule has 1 fully saturated rings. The fraction of sp³-hybridized carbons (Fsp3) is 0.455. The SMILES string of the molecule is COc1cc([C@H]2c3cc4c(cc3[C@H](O)[C@H]3COC[C@H]23)OCO4)cc(OC)c1OC. The van der Waals surface area contributed by atoms with Crippen molar-refractivity contribution in [3.05, 3.63) is 41.0 Å². The normalized spacial score (nSPS) is 26.6. The van der Waals surface area contributed by atoms with Gasteiger partial charge in [-0.3, -0.25) is 0 Å². The lowest BCUT2D eigenvalue weighted by Gasteiger charge is -2.38. The van der Waals surface area contributed by atoms with Crippen LogP contribution in [0, 0.1) is 11.8 Å². The van der Waals surface area contributed by atoms with Gasteiger partial charge in [-0.25, -0.2) is 0 Å². The maximum Gasteiger partial charge on any atom is 0.231 e. The molecule has 3 aliphatic rings. The predicted molar refractivity (Wildman–Crippen MR) is 103 cm³/mol. The molecule has 0 unspecified atom stereocenters. The van der Waals surface area contributed by atoms with Crippen molar-refractivity contribution in [2.45, 2.75) is 12.0 Å². The van der Waals surface area contributed by atoms with Crippen LogP contribution in [-0.2, 0) is 4.74 Å². The second-order valence-corrected chi connectivity index (χ2v) is 7.58. The fourth-order valence-electron chi connectivity index (χ4n) is 4.92. The summed E-state index contributed by atoms with van der Waals surface area (Å²) in [6.45, 7) is 1.30. The van der Waals surface area contributed by atoms with Crippen LogP contribution in [0.5, 0.6) is 28.7 Å². The van der Waals surface area contributed by atoms with Crippen molar-refractivity contribution in [2.75, 3.05) is 41.3 Å². The van der Waals surface area contributed by atoms with Crippen LogP contribution in [0.2, 0.25) is 0 Å². The van der Waals surface area contributed by atoms with E-state index in [1.807, 2.05) is 24.3 Å². The van der Waals surface area contributed by atoms with Crippen LogP contribution in [-0.4, -0.2) is 46.4 Å². The average molecular weight is 400 g/mol. The van der Waals surface area contributed by atoms with Crippen molar-refractivity contribution in [2.24, 2.45) is 11.8 Å². The topological polar surface area (TPSA) is 75.6 Å². The average Bonchev–Trinajstić information content (AvgIpc) is 3.41. The first-order valence-electron chi connectivity index (χ1n) is 9.65. The zero-order valence-electron chi connectivity index (χ0n) is 16.6. The highest BCUT2D eigenvalue weighted by atomic mass is 16.7. The third-order valence-corrected chi connectivity index (χ3v) is 6.28. The molecule has 0 aromatic heterocycles. The van der Waals surface area contributed by atoms with Crippen molar-refractivity contribution >= 4 is 0 Å². The summed E-state index contributed by atoms with van der Waals surface area (Å²) in [4.78, 5) is 0. The molecule has 2 heterocycles. The standard InChI is InChI=1S/C22H24O7/c1-24-18-4-11(5-19(25-2)22(18)26-3)20-12-6-16-17(29-10-28-16)7-13(12)21(23)15-9-27-8-14(15)20/h4-7,14-15,20-21,23H,8-10H2,1-3H3/t14-,15-,20-,21-/m0/s1. The maximum absolute atomic E-state index is 11.1. The molecule has 7 nitrogen and oxygen atoms in total. The predicted octanol–water partition coefficient (Wildman–Crippen LogP) is 2.88. The largest absolute Gasteiger partial charge is 0.493 e. The van der Waals surface area contributed by atoms with E-state index in [0.29, 0.717) is 42.0 Å². The summed E-state index contributed by atoms with van der Waals surface area (Å²) in [6.07, 6.45) is -0.606. The number of rotatable bonds is 4. The molecule has 2 aromatic carbocycles. The maximum atomic E-state index is 11.1. The lowest BCUT2D eigenvalue weighted by molar-refractivity contribution is 0.0687. The summed E-state index contributed by atoms with van der Waals surface area (Å²) in [5, 5.41) is 11.1. The molecule has 0 spiro atoms. The number of aliphatic hydroxyl groups excluding tert-OH is 1. The quantitative estimate of drug-likeness (QED) is 0.846. The van der Waals surface area contributed by atoms with Gasteiger partial charge in [0.15, 0.2) is 23.0 Å². The zero-order valence-corrected chi connectivity index (χ0v) is 16.6. The van der Waals surface area contributed by atoms with Crippen molar-refractivity contribution in [3.63, 3.8) is 0 Å². The van der Waals surface area contributed by atoms with Crippen LogP contribution in [0.4, 0.5) is 0 Å². The van der Waals surface area contributed by atoms with E-state index in [1.165, 1.54) is 0 Å². The first-order chi connectivity index (χ1) is 14.2. The summed E-state index contributed by atoms with van der Waals surface area (Å²) in [6, 6.07) is 7.85. The van der Waals surface area contributed by atoms with E-state index in [-0.39, 0.29) is 24.5 Å². The van der Waals surface area contributed by atoms with Gasteiger partial charge in [0.25, 0.3) is 0 Å². The lowest BCUT2D eigenvalue weighted by Crippen LogP contribution is -2.33. The Bertz CT molecular complexity index is 916. The van der Waals surface area contributed by atoms with Crippen LogP contribution in [0.3, 0.4) is 0 Å². The molecule has 2 aliphatic heterocycles. The number of hydrogen-bond donors (Lipinski definition) is 1. The van der Waals surface area contributed by atoms with E-state index in [1.54, 1.807) is 21.3 Å². The van der Waals surface area contributed by atoms with Gasteiger partial charge in [-0.15, -0.1) is 0 Å². The van der Waals surface area contributed by atoms with Gasteiger partial charge in [0.2, 0.25) is 12.5 Å². The smallest absolute Gasteiger partial charge is 0.231 e. The molecule has 1 N–H and O–H groups in total. The molecule has 2 aromatic rings. The van der Waals surface area contributed by atoms with Crippen LogP contribution < -0.4 is 23.7 Å². The van der Waals surface area contributed by atoms with Gasteiger partial charge in [-0.2, -0.15) is 0 Å². The second kappa shape index (κ2) is 7.00. The Labute approximate surface area is 169 Å². The molecule has 0 bridgehead atoms. The van der Waals surface area contributed by atoms with E-state index in [9.17, 15) is 5.11 Å². The van der Waals surface area contributed by atoms with Crippen molar-refractivity contribution in [3.8, 4) is 28.7 Å². The van der Waals surface area contributed by atoms with E-state index >= 15 is 0 Å². The fourth-order valence-corrected chi connectivity index (χ4v) is 4.92. The van der Waals surface area contributed by atoms with Gasteiger partial charge in [-0.1, -0.05) is 0 Å². The molecule has 1 aliphatic carbocycles. The number of benzene rings is 2.